The van der Waals surface area contributed by atoms with E-state index in [-0.39, 0.29) is 0 Å². The molecule has 1 aliphatic rings. The van der Waals surface area contributed by atoms with Crippen molar-refractivity contribution in [3.8, 4) is 11.1 Å². The van der Waals surface area contributed by atoms with Crippen molar-refractivity contribution in [3.63, 3.8) is 0 Å². The lowest BCUT2D eigenvalue weighted by Gasteiger charge is -2.31. The minimum atomic E-state index is -2.65. The highest BCUT2D eigenvalue weighted by atomic mass is 28.3. The summed E-state index contributed by atoms with van der Waals surface area (Å²) in [6.07, 6.45) is 0. The topological polar surface area (TPSA) is 12.9 Å². The van der Waals surface area contributed by atoms with Crippen molar-refractivity contribution in [1.82, 2.24) is 4.98 Å². The highest BCUT2D eigenvalue weighted by Gasteiger charge is 2.51. The minimum absolute atomic E-state index is 1.07. The third kappa shape index (κ3) is 2.46. The molecule has 0 radical (unpaired) electrons. The highest BCUT2D eigenvalue weighted by Crippen LogP contribution is 2.38. The smallest absolute Gasteiger partial charge is 0.203 e. The van der Waals surface area contributed by atoms with Crippen molar-refractivity contribution in [1.29, 1.82) is 0 Å². The molecule has 0 atom stereocenters. The lowest BCUT2D eigenvalue weighted by Crippen LogP contribution is -2.73. The van der Waals surface area contributed by atoms with Gasteiger partial charge in [0.05, 0.1) is 0 Å². The summed E-state index contributed by atoms with van der Waals surface area (Å²) in [6, 6.07) is 44.6. The summed E-state index contributed by atoms with van der Waals surface area (Å²) in [5.74, 6) is 0. The highest BCUT2D eigenvalue weighted by molar-refractivity contribution is 7.22. The molecule has 6 aromatic rings. The first kappa shape index (κ1) is 19.5. The number of hydrogen-bond acceptors (Lipinski definition) is 1. The molecule has 7 rings (SSSR count). The second-order valence-corrected chi connectivity index (χ2v) is 12.8. The molecule has 1 nitrogen and oxygen atoms in total. The van der Waals surface area contributed by atoms with Gasteiger partial charge in [0.2, 0.25) is 8.07 Å². The minimum Gasteiger partial charge on any atom is -0.261 e. The maximum Gasteiger partial charge on any atom is 0.203 e. The monoisotopic (exact) mass is 449 g/mol. The van der Waals surface area contributed by atoms with Crippen LogP contribution in [0.25, 0.3) is 32.7 Å². The first-order valence-corrected chi connectivity index (χ1v) is 13.8. The first-order valence-electron chi connectivity index (χ1n) is 11.8. The van der Waals surface area contributed by atoms with Gasteiger partial charge in [0.25, 0.3) is 0 Å². The van der Waals surface area contributed by atoms with Crippen LogP contribution < -0.4 is 20.9 Å². The maximum absolute atomic E-state index is 5.35. The van der Waals surface area contributed by atoms with Crippen LogP contribution in [0.5, 0.6) is 0 Å². The Bertz CT molecular complexity index is 1670. The summed E-state index contributed by atoms with van der Waals surface area (Å²) in [4.78, 5) is 5.35. The molecule has 0 amide bonds. The summed E-state index contributed by atoms with van der Waals surface area (Å²) in [6.45, 7) is 2.12. The SMILES string of the molecule is Cc1ccc2c(n1)[Si](c1ccccc1)(c1ccccc1)c1c-2c2ccccc2c2ccccc12. The van der Waals surface area contributed by atoms with Crippen molar-refractivity contribution in [3.05, 3.63) is 127 Å². The van der Waals surface area contributed by atoms with Gasteiger partial charge in [-0.3, -0.25) is 4.98 Å². The predicted octanol–water partition coefficient (Wildman–Crippen LogP) is 5.05. The van der Waals surface area contributed by atoms with E-state index >= 15 is 0 Å². The quantitative estimate of drug-likeness (QED) is 0.266. The summed E-state index contributed by atoms with van der Waals surface area (Å²) < 4.78 is 0. The van der Waals surface area contributed by atoms with E-state index in [1.54, 1.807) is 0 Å². The molecule has 0 unspecified atom stereocenters. The molecule has 2 heteroatoms. The van der Waals surface area contributed by atoms with Crippen LogP contribution in [0, 0.1) is 6.92 Å². The second-order valence-electron chi connectivity index (χ2n) is 9.17. The van der Waals surface area contributed by atoms with Gasteiger partial charge in [0.1, 0.15) is 0 Å². The van der Waals surface area contributed by atoms with E-state index in [0.717, 1.165) is 5.69 Å². The Kier molecular flexibility index (Phi) is 4.14. The van der Waals surface area contributed by atoms with Gasteiger partial charge in [0, 0.05) is 16.6 Å². The number of aryl methyl sites for hydroxylation is 1. The second kappa shape index (κ2) is 7.24. The average molecular weight is 450 g/mol. The van der Waals surface area contributed by atoms with Crippen LogP contribution in [0.15, 0.2) is 121 Å². The van der Waals surface area contributed by atoms with Gasteiger partial charge in [-0.15, -0.1) is 0 Å². The normalized spacial score (nSPS) is 13.7. The number of benzene rings is 5. The van der Waals surface area contributed by atoms with Gasteiger partial charge < -0.3 is 0 Å². The van der Waals surface area contributed by atoms with Crippen molar-refractivity contribution in [2.45, 2.75) is 6.92 Å². The lowest BCUT2D eigenvalue weighted by molar-refractivity contribution is 1.24. The molecular weight excluding hydrogens is 426 g/mol. The molecule has 1 aromatic heterocycles. The molecule has 34 heavy (non-hydrogen) atoms. The zero-order valence-electron chi connectivity index (χ0n) is 19.0. The van der Waals surface area contributed by atoms with E-state index in [9.17, 15) is 0 Å². The molecule has 0 fully saturated rings. The number of rotatable bonds is 2. The van der Waals surface area contributed by atoms with Gasteiger partial charge in [-0.25, -0.2) is 0 Å². The van der Waals surface area contributed by atoms with E-state index in [4.69, 9.17) is 4.98 Å². The Morgan fingerprint density at radius 3 is 1.62 bits per heavy atom. The van der Waals surface area contributed by atoms with Crippen LogP contribution in [0.3, 0.4) is 0 Å². The number of aromatic nitrogens is 1. The Morgan fingerprint density at radius 1 is 0.500 bits per heavy atom. The van der Waals surface area contributed by atoms with Crippen molar-refractivity contribution >= 4 is 50.5 Å². The van der Waals surface area contributed by atoms with Crippen molar-refractivity contribution in [2.24, 2.45) is 0 Å². The van der Waals surface area contributed by atoms with Gasteiger partial charge in [0.15, 0.2) is 0 Å². The Hall–Kier alpha value is -4.01. The fourth-order valence-electron chi connectivity index (χ4n) is 6.08. The predicted molar refractivity (Wildman–Crippen MR) is 147 cm³/mol. The molecule has 1 aliphatic heterocycles. The van der Waals surface area contributed by atoms with Crippen LogP contribution in [-0.2, 0) is 0 Å². The molecule has 0 spiro atoms. The molecule has 0 N–H and O–H groups in total. The summed E-state index contributed by atoms with van der Waals surface area (Å²) >= 11 is 0. The third-order valence-corrected chi connectivity index (χ3v) is 12.1. The zero-order valence-corrected chi connectivity index (χ0v) is 20.0. The lowest BCUT2D eigenvalue weighted by atomic mass is 9.94. The van der Waals surface area contributed by atoms with E-state index < -0.39 is 8.07 Å². The largest absolute Gasteiger partial charge is 0.261 e. The molecule has 5 aromatic carbocycles. The van der Waals surface area contributed by atoms with E-state index in [1.165, 1.54) is 53.5 Å². The fraction of sp³-hybridized carbons (Fsp3) is 0.0312. The Labute approximate surface area is 200 Å². The van der Waals surface area contributed by atoms with Gasteiger partial charge in [-0.2, -0.15) is 0 Å². The average Bonchev–Trinajstić information content (AvgIpc) is 3.21. The Morgan fingerprint density at radius 2 is 1.00 bits per heavy atom. The molecular formula is C32H23NSi. The molecule has 160 valence electrons. The van der Waals surface area contributed by atoms with Crippen LogP contribution in [-0.4, -0.2) is 13.1 Å². The summed E-state index contributed by atoms with van der Waals surface area (Å²) in [7, 11) is -2.65. The number of hydrogen-bond donors (Lipinski definition) is 0. The van der Waals surface area contributed by atoms with Crippen molar-refractivity contribution in [2.75, 3.05) is 0 Å². The van der Waals surface area contributed by atoms with Crippen LogP contribution in [0.1, 0.15) is 5.69 Å². The molecule has 2 heterocycles. The molecule has 0 saturated heterocycles. The standard InChI is InChI=1S/C32H23NSi/c1-22-20-21-29-30-27-18-10-8-16-25(27)26-17-9-11-19-28(26)31(30)34(32(29)33-22,23-12-4-2-5-13-23)24-14-6-3-7-15-24/h2-21H,1H3. The molecule has 0 saturated carbocycles. The van der Waals surface area contributed by atoms with E-state index in [2.05, 4.69) is 128 Å². The summed E-state index contributed by atoms with van der Waals surface area (Å²) in [5, 5.41) is 10.8. The van der Waals surface area contributed by atoms with Crippen LogP contribution >= 0.6 is 0 Å². The molecule has 0 aliphatic carbocycles. The zero-order chi connectivity index (χ0) is 22.7. The van der Waals surface area contributed by atoms with Crippen molar-refractivity contribution < 1.29 is 0 Å². The number of pyridine rings is 1. The fourth-order valence-corrected chi connectivity index (χ4v) is 11.4. The maximum atomic E-state index is 5.35. The van der Waals surface area contributed by atoms with Gasteiger partial charge in [-0.05, 0) is 55.7 Å². The van der Waals surface area contributed by atoms with E-state index in [1.807, 2.05) is 0 Å². The number of fused-ring (bicyclic) bond motifs is 8. The van der Waals surface area contributed by atoms with Gasteiger partial charge >= 0.3 is 0 Å². The van der Waals surface area contributed by atoms with E-state index in [0.29, 0.717) is 0 Å². The number of nitrogens with zero attached hydrogens (tertiary/aromatic N) is 1. The van der Waals surface area contributed by atoms with Crippen LogP contribution in [0.4, 0.5) is 0 Å². The Balaban J connectivity index is 1.82. The van der Waals surface area contributed by atoms with Gasteiger partial charge in [-0.1, -0.05) is 115 Å². The molecule has 0 bridgehead atoms. The first-order chi connectivity index (χ1) is 16.8. The summed E-state index contributed by atoms with van der Waals surface area (Å²) in [5.41, 5.74) is 3.74. The van der Waals surface area contributed by atoms with Crippen LogP contribution in [0.2, 0.25) is 0 Å². The third-order valence-electron chi connectivity index (χ3n) is 7.38.